The molecule has 1 aliphatic heterocycles. The second-order valence-corrected chi connectivity index (χ2v) is 4.60. The first-order valence-electron chi connectivity index (χ1n) is 6.35. The molecule has 1 aliphatic rings. The predicted octanol–water partition coefficient (Wildman–Crippen LogP) is 2.03. The molecule has 98 valence electrons. The van der Waals surface area contributed by atoms with Crippen LogP contribution in [0, 0.1) is 5.95 Å². The van der Waals surface area contributed by atoms with Gasteiger partial charge < -0.3 is 10.2 Å². The Kier molecular flexibility index (Phi) is 4.12. The molecule has 0 radical (unpaired) electrons. The van der Waals surface area contributed by atoms with Crippen molar-refractivity contribution in [2.24, 2.45) is 0 Å². The summed E-state index contributed by atoms with van der Waals surface area (Å²) in [6, 6.07) is 4.13. The summed E-state index contributed by atoms with van der Waals surface area (Å²) in [5.41, 5.74) is 0. The third kappa shape index (κ3) is 3.18. The molecule has 4 nitrogen and oxygen atoms in total. The molecule has 1 amide bonds. The Bertz CT molecular complexity index is 418. The zero-order valence-corrected chi connectivity index (χ0v) is 10.5. The van der Waals surface area contributed by atoms with Crippen molar-refractivity contribution in [1.29, 1.82) is 0 Å². The number of hydrogen-bond acceptors (Lipinski definition) is 3. The quantitative estimate of drug-likeness (QED) is 0.836. The lowest BCUT2D eigenvalue weighted by atomic mass is 10.1. The number of carbonyl (C=O) groups is 1. The second-order valence-electron chi connectivity index (χ2n) is 4.60. The van der Waals surface area contributed by atoms with Crippen LogP contribution in [0.1, 0.15) is 26.2 Å². The van der Waals surface area contributed by atoms with Crippen molar-refractivity contribution in [3.05, 3.63) is 24.1 Å². The fraction of sp³-hybridized carbons (Fsp3) is 0.538. The number of hydrogen-bond donors (Lipinski definition) is 1. The van der Waals surface area contributed by atoms with Gasteiger partial charge in [-0.3, -0.25) is 4.79 Å². The smallest absolute Gasteiger partial charge is 0.244 e. The minimum Gasteiger partial charge on any atom is -0.359 e. The van der Waals surface area contributed by atoms with Crippen molar-refractivity contribution in [1.82, 2.24) is 9.88 Å². The molecule has 0 aliphatic carbocycles. The molecular weight excluding hydrogens is 233 g/mol. The molecule has 1 aromatic rings. The fourth-order valence-corrected chi connectivity index (χ4v) is 2.16. The van der Waals surface area contributed by atoms with Gasteiger partial charge in [-0.15, -0.1) is 0 Å². The zero-order chi connectivity index (χ0) is 13.0. The summed E-state index contributed by atoms with van der Waals surface area (Å²) in [6.45, 7) is 3.42. The molecule has 1 N–H and O–H groups in total. The van der Waals surface area contributed by atoms with Crippen molar-refractivity contribution in [2.45, 2.75) is 32.2 Å². The highest BCUT2D eigenvalue weighted by Gasteiger charge is 2.22. The van der Waals surface area contributed by atoms with Gasteiger partial charge in [0.2, 0.25) is 11.9 Å². The summed E-state index contributed by atoms with van der Waals surface area (Å²) < 4.78 is 12.9. The molecular formula is C13H18FN3O. The summed E-state index contributed by atoms with van der Waals surface area (Å²) in [4.78, 5) is 17.7. The average Bonchev–Trinajstić information content (AvgIpc) is 2.39. The lowest BCUT2D eigenvalue weighted by Gasteiger charge is -2.29. The first-order chi connectivity index (χ1) is 8.66. The summed E-state index contributed by atoms with van der Waals surface area (Å²) in [7, 11) is 0. The minimum absolute atomic E-state index is 0.0563. The number of likely N-dealkylation sites (tertiary alicyclic amines) is 1. The monoisotopic (exact) mass is 251 g/mol. The number of pyridine rings is 1. The van der Waals surface area contributed by atoms with E-state index in [2.05, 4.69) is 10.3 Å². The van der Waals surface area contributed by atoms with Gasteiger partial charge in [-0.25, -0.2) is 4.98 Å². The van der Waals surface area contributed by atoms with Crippen LogP contribution in [0.5, 0.6) is 0 Å². The van der Waals surface area contributed by atoms with E-state index < -0.39 is 5.95 Å². The normalized spacial score (nSPS) is 17.3. The fourth-order valence-electron chi connectivity index (χ4n) is 2.16. The maximum atomic E-state index is 12.9. The van der Waals surface area contributed by atoms with Gasteiger partial charge >= 0.3 is 0 Å². The van der Waals surface area contributed by atoms with Crippen LogP contribution in [0.25, 0.3) is 0 Å². The first kappa shape index (κ1) is 12.8. The van der Waals surface area contributed by atoms with Gasteiger partial charge in [0.15, 0.2) is 0 Å². The van der Waals surface area contributed by atoms with Crippen molar-refractivity contribution in [2.75, 3.05) is 18.4 Å². The Labute approximate surface area is 106 Å². The lowest BCUT2D eigenvalue weighted by Crippen LogP contribution is -2.44. The van der Waals surface area contributed by atoms with Crippen LogP contribution in [0.15, 0.2) is 18.2 Å². The number of rotatable bonds is 3. The maximum absolute atomic E-state index is 12.9. The summed E-state index contributed by atoms with van der Waals surface area (Å²) >= 11 is 0. The molecule has 1 saturated heterocycles. The Morgan fingerprint density at radius 1 is 1.39 bits per heavy atom. The molecule has 0 spiro atoms. The third-order valence-corrected chi connectivity index (χ3v) is 3.12. The zero-order valence-electron chi connectivity index (χ0n) is 10.5. The summed E-state index contributed by atoms with van der Waals surface area (Å²) in [5.74, 6) is -0.0914. The lowest BCUT2D eigenvalue weighted by molar-refractivity contribution is -0.132. The van der Waals surface area contributed by atoms with Crippen molar-refractivity contribution < 1.29 is 9.18 Å². The van der Waals surface area contributed by atoms with Crippen LogP contribution in [0.4, 0.5) is 10.2 Å². The molecule has 0 saturated carbocycles. The van der Waals surface area contributed by atoms with E-state index in [1.165, 1.54) is 12.5 Å². The number of halogens is 1. The van der Waals surface area contributed by atoms with E-state index in [1.807, 2.05) is 4.90 Å². The van der Waals surface area contributed by atoms with Crippen LogP contribution in [-0.2, 0) is 4.79 Å². The SMILES string of the molecule is CC(Nc1cccc(F)n1)C(=O)N1CCCCC1. The predicted molar refractivity (Wildman–Crippen MR) is 67.7 cm³/mol. The van der Waals surface area contributed by atoms with Gasteiger partial charge in [-0.05, 0) is 38.3 Å². The highest BCUT2D eigenvalue weighted by molar-refractivity contribution is 5.84. The van der Waals surface area contributed by atoms with Crippen LogP contribution >= 0.6 is 0 Å². The number of amides is 1. The number of anilines is 1. The van der Waals surface area contributed by atoms with Gasteiger partial charge in [0, 0.05) is 13.1 Å². The number of piperidine rings is 1. The van der Waals surface area contributed by atoms with E-state index in [0.717, 1.165) is 25.9 Å². The molecule has 5 heteroatoms. The van der Waals surface area contributed by atoms with Crippen LogP contribution in [0.2, 0.25) is 0 Å². The Balaban J connectivity index is 1.94. The van der Waals surface area contributed by atoms with Crippen LogP contribution in [-0.4, -0.2) is 34.9 Å². The molecule has 2 heterocycles. The van der Waals surface area contributed by atoms with Gasteiger partial charge in [0.1, 0.15) is 11.9 Å². The highest BCUT2D eigenvalue weighted by atomic mass is 19.1. The van der Waals surface area contributed by atoms with E-state index in [-0.39, 0.29) is 11.9 Å². The molecule has 18 heavy (non-hydrogen) atoms. The van der Waals surface area contributed by atoms with Gasteiger partial charge in [0.05, 0.1) is 0 Å². The maximum Gasteiger partial charge on any atom is 0.244 e. The second kappa shape index (κ2) is 5.80. The Morgan fingerprint density at radius 3 is 2.78 bits per heavy atom. The van der Waals surface area contributed by atoms with E-state index in [1.54, 1.807) is 19.1 Å². The third-order valence-electron chi connectivity index (χ3n) is 3.12. The van der Waals surface area contributed by atoms with Gasteiger partial charge in [-0.2, -0.15) is 4.39 Å². The largest absolute Gasteiger partial charge is 0.359 e. The minimum atomic E-state index is -0.544. The van der Waals surface area contributed by atoms with E-state index >= 15 is 0 Å². The standard InChI is InChI=1S/C13H18FN3O/c1-10(13(18)17-8-3-2-4-9-17)15-12-7-5-6-11(14)16-12/h5-7,10H,2-4,8-9H2,1H3,(H,15,16). The molecule has 2 rings (SSSR count). The Hall–Kier alpha value is -1.65. The van der Waals surface area contributed by atoms with E-state index in [9.17, 15) is 9.18 Å². The first-order valence-corrected chi connectivity index (χ1v) is 6.35. The summed E-state index contributed by atoms with van der Waals surface area (Å²) in [5, 5.41) is 2.94. The number of nitrogens with zero attached hydrogens (tertiary/aromatic N) is 2. The van der Waals surface area contributed by atoms with Crippen LogP contribution < -0.4 is 5.32 Å². The van der Waals surface area contributed by atoms with Crippen LogP contribution in [0.3, 0.4) is 0 Å². The molecule has 1 atom stereocenters. The number of nitrogens with one attached hydrogen (secondary N) is 1. The van der Waals surface area contributed by atoms with Crippen molar-refractivity contribution in [3.8, 4) is 0 Å². The molecule has 1 unspecified atom stereocenters. The summed E-state index contributed by atoms with van der Waals surface area (Å²) in [6.07, 6.45) is 3.32. The Morgan fingerprint density at radius 2 is 2.11 bits per heavy atom. The van der Waals surface area contributed by atoms with Gasteiger partial charge in [-0.1, -0.05) is 6.07 Å². The number of carbonyl (C=O) groups excluding carboxylic acids is 1. The van der Waals surface area contributed by atoms with E-state index in [4.69, 9.17) is 0 Å². The molecule has 0 bridgehead atoms. The highest BCUT2D eigenvalue weighted by Crippen LogP contribution is 2.12. The molecule has 1 aromatic heterocycles. The molecule has 1 fully saturated rings. The molecule has 0 aromatic carbocycles. The number of aromatic nitrogens is 1. The van der Waals surface area contributed by atoms with Crippen molar-refractivity contribution >= 4 is 11.7 Å². The van der Waals surface area contributed by atoms with Crippen molar-refractivity contribution in [3.63, 3.8) is 0 Å². The van der Waals surface area contributed by atoms with Gasteiger partial charge in [0.25, 0.3) is 0 Å². The van der Waals surface area contributed by atoms with E-state index in [0.29, 0.717) is 5.82 Å². The topological polar surface area (TPSA) is 45.2 Å². The average molecular weight is 251 g/mol.